The van der Waals surface area contributed by atoms with Crippen LogP contribution in [0.5, 0.6) is 5.88 Å². The van der Waals surface area contributed by atoms with Gasteiger partial charge in [0.1, 0.15) is 36.5 Å². The van der Waals surface area contributed by atoms with Crippen molar-refractivity contribution in [2.45, 2.75) is 24.2 Å². The Bertz CT molecular complexity index is 1060. The van der Waals surface area contributed by atoms with Crippen LogP contribution >= 0.6 is 0 Å². The molecule has 2 aliphatic rings. The number of ketones is 1. The van der Waals surface area contributed by atoms with E-state index in [4.69, 9.17) is 15.2 Å². The number of alkyl halides is 3. The van der Waals surface area contributed by atoms with Gasteiger partial charge in [-0.1, -0.05) is 6.07 Å². The summed E-state index contributed by atoms with van der Waals surface area (Å²) in [5.41, 5.74) is 3.98. The minimum absolute atomic E-state index is 0.0256. The van der Waals surface area contributed by atoms with E-state index in [0.717, 1.165) is 18.5 Å². The van der Waals surface area contributed by atoms with Crippen molar-refractivity contribution in [3.63, 3.8) is 0 Å². The zero-order valence-corrected chi connectivity index (χ0v) is 17.2. The van der Waals surface area contributed by atoms with E-state index in [1.54, 1.807) is 0 Å². The molecule has 2 aromatic rings. The standard InChI is InChI=1S/C21H20F4N4O4/c22-5-16-19-17(8-31-16)33-20(26)29-21(19,9-23)12-3-11(1-2-13(12)25)4-15(30)14-6-28-18(7-27-14)32-10-24/h1-3,6-7,16-17,19H,4-5,8-10H2,(H2,26,29)/t16-,17+,19-,21+/m0/s1. The highest BCUT2D eigenvalue weighted by Gasteiger charge is 2.57. The van der Waals surface area contributed by atoms with Crippen LogP contribution in [-0.2, 0) is 21.4 Å². The third-order valence-electron chi connectivity index (χ3n) is 5.74. The van der Waals surface area contributed by atoms with Gasteiger partial charge in [0.15, 0.2) is 5.78 Å². The van der Waals surface area contributed by atoms with Crippen LogP contribution in [0.25, 0.3) is 0 Å². The van der Waals surface area contributed by atoms with Crippen molar-refractivity contribution in [3.05, 3.63) is 53.2 Å². The molecule has 0 aliphatic carbocycles. The van der Waals surface area contributed by atoms with Crippen molar-refractivity contribution in [1.29, 1.82) is 0 Å². The van der Waals surface area contributed by atoms with Gasteiger partial charge in [-0.05, 0) is 17.7 Å². The summed E-state index contributed by atoms with van der Waals surface area (Å²) in [7, 11) is 0. The molecule has 0 amide bonds. The second-order valence-electron chi connectivity index (χ2n) is 7.62. The van der Waals surface area contributed by atoms with Crippen LogP contribution in [0.4, 0.5) is 17.6 Å². The van der Waals surface area contributed by atoms with Gasteiger partial charge in [-0.15, -0.1) is 0 Å². The van der Waals surface area contributed by atoms with Gasteiger partial charge in [0.05, 0.1) is 31.0 Å². The molecular formula is C21H20F4N4O4. The maximum Gasteiger partial charge on any atom is 0.283 e. The van der Waals surface area contributed by atoms with Gasteiger partial charge >= 0.3 is 0 Å². The quantitative estimate of drug-likeness (QED) is 0.467. The zero-order chi connectivity index (χ0) is 23.6. The molecule has 0 saturated carbocycles. The average molecular weight is 468 g/mol. The molecule has 0 radical (unpaired) electrons. The molecule has 176 valence electrons. The molecule has 4 rings (SSSR count). The topological polar surface area (TPSA) is 109 Å². The van der Waals surface area contributed by atoms with Crippen molar-refractivity contribution in [2.24, 2.45) is 16.6 Å². The summed E-state index contributed by atoms with van der Waals surface area (Å²) in [5, 5.41) is 0. The Hall–Kier alpha value is -3.28. The molecule has 3 heterocycles. The Morgan fingerprint density at radius 2 is 2.06 bits per heavy atom. The van der Waals surface area contributed by atoms with E-state index in [2.05, 4.69) is 19.7 Å². The number of nitrogens with zero attached hydrogens (tertiary/aromatic N) is 3. The van der Waals surface area contributed by atoms with E-state index in [9.17, 15) is 22.4 Å². The van der Waals surface area contributed by atoms with E-state index < -0.39 is 55.5 Å². The van der Waals surface area contributed by atoms with Crippen LogP contribution in [0.2, 0.25) is 0 Å². The zero-order valence-electron chi connectivity index (χ0n) is 17.2. The monoisotopic (exact) mass is 468 g/mol. The summed E-state index contributed by atoms with van der Waals surface area (Å²) >= 11 is 0. The highest BCUT2D eigenvalue weighted by atomic mass is 19.1. The number of fused-ring (bicyclic) bond motifs is 1. The van der Waals surface area contributed by atoms with Gasteiger partial charge < -0.3 is 19.9 Å². The first-order valence-electron chi connectivity index (χ1n) is 10.00. The number of amidine groups is 1. The molecule has 2 N–H and O–H groups in total. The largest absolute Gasteiger partial charge is 0.459 e. The molecule has 1 aromatic heterocycles. The first-order chi connectivity index (χ1) is 15.9. The molecule has 0 bridgehead atoms. The number of carbonyl (C=O) groups excluding carboxylic acids is 1. The van der Waals surface area contributed by atoms with Crippen molar-refractivity contribution in [2.75, 3.05) is 26.8 Å². The molecule has 0 spiro atoms. The number of hydrogen-bond donors (Lipinski definition) is 1. The predicted octanol–water partition coefficient (Wildman–Crippen LogP) is 2.21. The molecule has 8 nitrogen and oxygen atoms in total. The van der Waals surface area contributed by atoms with Crippen LogP contribution in [0, 0.1) is 11.7 Å². The molecule has 0 unspecified atom stereocenters. The number of rotatable bonds is 8. The van der Waals surface area contributed by atoms with Crippen LogP contribution in [0.3, 0.4) is 0 Å². The number of ether oxygens (including phenoxy) is 3. The highest BCUT2D eigenvalue weighted by Crippen LogP contribution is 2.47. The first-order valence-corrected chi connectivity index (χ1v) is 10.00. The molecule has 1 fully saturated rings. The Kier molecular flexibility index (Phi) is 6.45. The van der Waals surface area contributed by atoms with Crippen molar-refractivity contribution in [1.82, 2.24) is 9.97 Å². The molecule has 33 heavy (non-hydrogen) atoms. The van der Waals surface area contributed by atoms with Crippen LogP contribution in [0.15, 0.2) is 35.6 Å². The van der Waals surface area contributed by atoms with Gasteiger partial charge in [0.2, 0.25) is 12.7 Å². The third kappa shape index (κ3) is 4.22. The smallest absolute Gasteiger partial charge is 0.283 e. The van der Waals surface area contributed by atoms with Crippen LogP contribution in [0.1, 0.15) is 21.6 Å². The number of benzene rings is 1. The summed E-state index contributed by atoms with van der Waals surface area (Å²) in [4.78, 5) is 24.3. The Balaban J connectivity index is 1.67. The van der Waals surface area contributed by atoms with Crippen molar-refractivity contribution < 1.29 is 36.6 Å². The average Bonchev–Trinajstić information content (AvgIpc) is 3.23. The lowest BCUT2D eigenvalue weighted by Gasteiger charge is -2.41. The van der Waals surface area contributed by atoms with Gasteiger partial charge in [-0.2, -0.15) is 0 Å². The van der Waals surface area contributed by atoms with E-state index in [1.165, 1.54) is 12.1 Å². The third-order valence-corrected chi connectivity index (χ3v) is 5.74. The Labute approximate surface area is 185 Å². The Morgan fingerprint density at radius 1 is 1.24 bits per heavy atom. The first kappa shape index (κ1) is 22.9. The molecule has 2 aliphatic heterocycles. The summed E-state index contributed by atoms with van der Waals surface area (Å²) in [6.45, 7) is -3.27. The van der Waals surface area contributed by atoms with E-state index in [0.29, 0.717) is 5.56 Å². The predicted molar refractivity (Wildman–Crippen MR) is 106 cm³/mol. The van der Waals surface area contributed by atoms with E-state index >= 15 is 0 Å². The summed E-state index contributed by atoms with van der Waals surface area (Å²) in [6.07, 6.45) is 0.131. The normalized spacial score (nSPS) is 26.3. The molecule has 4 atom stereocenters. The summed E-state index contributed by atoms with van der Waals surface area (Å²) in [5.74, 6) is -2.32. The lowest BCUT2D eigenvalue weighted by molar-refractivity contribution is 0.0235. The lowest BCUT2D eigenvalue weighted by atomic mass is 9.73. The van der Waals surface area contributed by atoms with Gasteiger partial charge in [-0.3, -0.25) is 4.79 Å². The number of hydrogen-bond acceptors (Lipinski definition) is 8. The maximum absolute atomic E-state index is 15.0. The fourth-order valence-corrected chi connectivity index (χ4v) is 4.29. The highest BCUT2D eigenvalue weighted by molar-refractivity contribution is 5.95. The minimum atomic E-state index is -1.88. The number of nitrogens with two attached hydrogens (primary N) is 1. The van der Waals surface area contributed by atoms with Crippen molar-refractivity contribution >= 4 is 11.8 Å². The second kappa shape index (κ2) is 9.30. The molecule has 1 aromatic carbocycles. The number of aromatic nitrogens is 2. The number of Topliss-reactive ketones (excluding diaryl/α,β-unsaturated/α-hetero) is 1. The molecule has 1 saturated heterocycles. The fourth-order valence-electron chi connectivity index (χ4n) is 4.29. The molecule has 12 heteroatoms. The van der Waals surface area contributed by atoms with Gasteiger partial charge in [-0.25, -0.2) is 32.5 Å². The van der Waals surface area contributed by atoms with Crippen molar-refractivity contribution in [3.8, 4) is 5.88 Å². The summed E-state index contributed by atoms with van der Waals surface area (Å²) < 4.78 is 70.7. The fraction of sp³-hybridized carbons (Fsp3) is 0.429. The number of halogens is 4. The number of aliphatic imine (C=N–C) groups is 1. The van der Waals surface area contributed by atoms with Crippen LogP contribution < -0.4 is 10.5 Å². The maximum atomic E-state index is 15.0. The number of carbonyl (C=O) groups is 1. The Morgan fingerprint density at radius 3 is 2.73 bits per heavy atom. The minimum Gasteiger partial charge on any atom is -0.459 e. The summed E-state index contributed by atoms with van der Waals surface area (Å²) in [6, 6.07) is 3.38. The van der Waals surface area contributed by atoms with Gasteiger partial charge in [0, 0.05) is 12.0 Å². The molecular weight excluding hydrogens is 448 g/mol. The van der Waals surface area contributed by atoms with Gasteiger partial charge in [0.25, 0.3) is 6.02 Å². The second-order valence-corrected chi connectivity index (χ2v) is 7.62. The van der Waals surface area contributed by atoms with Crippen LogP contribution in [-0.4, -0.2) is 60.8 Å². The van der Waals surface area contributed by atoms with E-state index in [1.807, 2.05) is 0 Å². The van der Waals surface area contributed by atoms with E-state index in [-0.39, 0.29) is 36.2 Å². The SMILES string of the molecule is NC1=N[C@](CF)(c2cc(CC(=O)c3cnc(OCF)cn3)ccc2F)[C@H]2[C@H](CF)OC[C@H]2O1. The lowest BCUT2D eigenvalue weighted by Crippen LogP contribution is -2.52.